The minimum absolute atomic E-state index is 0.223. The molecule has 0 aromatic carbocycles. The number of thiazole rings is 1. The minimum atomic E-state index is 0.223. The van der Waals surface area contributed by atoms with Crippen LogP contribution in [0, 0.1) is 0 Å². The maximum Gasteiger partial charge on any atom is 0.164 e. The number of carbonyl (C=O) groups is 1. The number of ketones is 1. The van der Waals surface area contributed by atoms with Gasteiger partial charge in [-0.25, -0.2) is 4.98 Å². The zero-order valence-corrected chi connectivity index (χ0v) is 10.0. The summed E-state index contributed by atoms with van der Waals surface area (Å²) in [6.45, 7) is 2.77. The SMILES string of the molecule is CCCC(=O)c1ccn(Cc2nccs2)c1. The molecule has 0 bridgehead atoms. The van der Waals surface area contributed by atoms with Crippen LogP contribution in [0.15, 0.2) is 30.0 Å². The highest BCUT2D eigenvalue weighted by Gasteiger charge is 2.06. The highest BCUT2D eigenvalue weighted by molar-refractivity contribution is 7.09. The summed E-state index contributed by atoms with van der Waals surface area (Å²) in [6, 6.07) is 1.88. The van der Waals surface area contributed by atoms with E-state index in [0.717, 1.165) is 23.5 Å². The monoisotopic (exact) mass is 234 g/mol. The van der Waals surface area contributed by atoms with Gasteiger partial charge in [-0.3, -0.25) is 4.79 Å². The number of hydrogen-bond acceptors (Lipinski definition) is 3. The number of aromatic nitrogens is 2. The molecule has 2 aromatic heterocycles. The zero-order valence-electron chi connectivity index (χ0n) is 9.22. The number of nitrogens with zero attached hydrogens (tertiary/aromatic N) is 2. The van der Waals surface area contributed by atoms with Crippen molar-refractivity contribution >= 4 is 17.1 Å². The first-order valence-corrected chi connectivity index (χ1v) is 6.25. The summed E-state index contributed by atoms with van der Waals surface area (Å²) in [5, 5.41) is 3.02. The van der Waals surface area contributed by atoms with Crippen LogP contribution in [0.3, 0.4) is 0 Å². The predicted octanol–water partition coefficient (Wildman–Crippen LogP) is 2.98. The summed E-state index contributed by atoms with van der Waals surface area (Å²) < 4.78 is 2.00. The standard InChI is InChI=1S/C12H14N2OS/c1-2-3-11(15)10-4-6-14(8-10)9-12-13-5-7-16-12/h4-8H,2-3,9H2,1H3. The summed E-state index contributed by atoms with van der Waals surface area (Å²) >= 11 is 1.63. The summed E-state index contributed by atoms with van der Waals surface area (Å²) in [7, 11) is 0. The molecule has 3 nitrogen and oxygen atoms in total. The summed E-state index contributed by atoms with van der Waals surface area (Å²) in [6.07, 6.45) is 7.16. The summed E-state index contributed by atoms with van der Waals surface area (Å²) in [5.74, 6) is 0.223. The van der Waals surface area contributed by atoms with Crippen molar-refractivity contribution in [3.05, 3.63) is 40.6 Å². The quantitative estimate of drug-likeness (QED) is 0.745. The fraction of sp³-hybridized carbons (Fsp3) is 0.333. The van der Waals surface area contributed by atoms with E-state index in [-0.39, 0.29) is 5.78 Å². The van der Waals surface area contributed by atoms with Gasteiger partial charge in [0.1, 0.15) is 5.01 Å². The Bertz CT molecular complexity index is 459. The van der Waals surface area contributed by atoms with E-state index in [1.54, 1.807) is 17.5 Å². The first-order valence-electron chi connectivity index (χ1n) is 5.37. The second-order valence-corrected chi connectivity index (χ2v) is 4.65. The van der Waals surface area contributed by atoms with Gasteiger partial charge in [0.05, 0.1) is 6.54 Å². The molecule has 0 amide bonds. The van der Waals surface area contributed by atoms with Gasteiger partial charge in [0.2, 0.25) is 0 Å². The average molecular weight is 234 g/mol. The van der Waals surface area contributed by atoms with Crippen molar-refractivity contribution in [1.29, 1.82) is 0 Å². The van der Waals surface area contributed by atoms with Crippen LogP contribution in [0.2, 0.25) is 0 Å². The lowest BCUT2D eigenvalue weighted by Gasteiger charge is -1.98. The molecule has 16 heavy (non-hydrogen) atoms. The van der Waals surface area contributed by atoms with E-state index in [4.69, 9.17) is 0 Å². The van der Waals surface area contributed by atoms with E-state index < -0.39 is 0 Å². The third-order valence-corrected chi connectivity index (χ3v) is 3.12. The molecule has 2 aromatic rings. The summed E-state index contributed by atoms with van der Waals surface area (Å²) in [4.78, 5) is 15.8. The third kappa shape index (κ3) is 2.58. The van der Waals surface area contributed by atoms with Crippen LogP contribution < -0.4 is 0 Å². The second kappa shape index (κ2) is 5.07. The number of carbonyl (C=O) groups excluding carboxylic acids is 1. The van der Waals surface area contributed by atoms with Gasteiger partial charge in [0.15, 0.2) is 5.78 Å². The first-order chi connectivity index (χ1) is 7.79. The van der Waals surface area contributed by atoms with Crippen LogP contribution in [0.4, 0.5) is 0 Å². The van der Waals surface area contributed by atoms with Crippen LogP contribution in [0.25, 0.3) is 0 Å². The van der Waals surface area contributed by atoms with E-state index in [0.29, 0.717) is 6.42 Å². The van der Waals surface area contributed by atoms with E-state index >= 15 is 0 Å². The van der Waals surface area contributed by atoms with Gasteiger partial charge < -0.3 is 4.57 Å². The van der Waals surface area contributed by atoms with Crippen molar-refractivity contribution in [1.82, 2.24) is 9.55 Å². The van der Waals surface area contributed by atoms with Gasteiger partial charge in [0.25, 0.3) is 0 Å². The molecule has 0 aliphatic rings. The van der Waals surface area contributed by atoms with Gasteiger partial charge in [0, 0.05) is 36.0 Å². The lowest BCUT2D eigenvalue weighted by Crippen LogP contribution is -1.98. The molecule has 0 saturated carbocycles. The van der Waals surface area contributed by atoms with Crippen molar-refractivity contribution in [2.45, 2.75) is 26.3 Å². The number of Topliss-reactive ketones (excluding diaryl/α,β-unsaturated/α-hetero) is 1. The molecule has 0 radical (unpaired) electrons. The van der Waals surface area contributed by atoms with Crippen molar-refractivity contribution in [2.75, 3.05) is 0 Å². The molecular weight excluding hydrogens is 220 g/mol. The summed E-state index contributed by atoms with van der Waals surface area (Å²) in [5.41, 5.74) is 0.804. The van der Waals surface area contributed by atoms with Crippen LogP contribution in [0.5, 0.6) is 0 Å². The van der Waals surface area contributed by atoms with E-state index in [1.165, 1.54) is 0 Å². The number of rotatable bonds is 5. The van der Waals surface area contributed by atoms with Gasteiger partial charge >= 0.3 is 0 Å². The molecule has 84 valence electrons. The molecule has 0 unspecified atom stereocenters. The van der Waals surface area contributed by atoms with Crippen molar-refractivity contribution < 1.29 is 4.79 Å². The third-order valence-electron chi connectivity index (χ3n) is 2.35. The van der Waals surface area contributed by atoms with Crippen LogP contribution >= 0.6 is 11.3 Å². The van der Waals surface area contributed by atoms with Crippen molar-refractivity contribution in [3.63, 3.8) is 0 Å². The van der Waals surface area contributed by atoms with Crippen LogP contribution in [-0.2, 0) is 6.54 Å². The molecule has 2 heterocycles. The topological polar surface area (TPSA) is 34.9 Å². The first kappa shape index (κ1) is 11.1. The smallest absolute Gasteiger partial charge is 0.164 e. The normalized spacial score (nSPS) is 10.6. The Hall–Kier alpha value is -1.42. The van der Waals surface area contributed by atoms with Gasteiger partial charge in [-0.05, 0) is 12.5 Å². The molecule has 0 fully saturated rings. The molecule has 0 aliphatic carbocycles. The average Bonchev–Trinajstić information content (AvgIpc) is 2.90. The van der Waals surface area contributed by atoms with E-state index in [2.05, 4.69) is 4.98 Å². The van der Waals surface area contributed by atoms with Gasteiger partial charge in [-0.15, -0.1) is 11.3 Å². The molecule has 2 rings (SSSR count). The fourth-order valence-corrected chi connectivity index (χ4v) is 2.19. The maximum absolute atomic E-state index is 11.6. The van der Waals surface area contributed by atoms with Crippen LogP contribution in [0.1, 0.15) is 35.1 Å². The number of hydrogen-bond donors (Lipinski definition) is 0. The zero-order chi connectivity index (χ0) is 11.4. The highest BCUT2D eigenvalue weighted by Crippen LogP contribution is 2.10. The molecule has 0 saturated heterocycles. The Morgan fingerprint density at radius 1 is 1.56 bits per heavy atom. The molecular formula is C12H14N2OS. The Labute approximate surface area is 98.8 Å². The van der Waals surface area contributed by atoms with E-state index in [9.17, 15) is 4.79 Å². The lowest BCUT2D eigenvalue weighted by atomic mass is 10.1. The Morgan fingerprint density at radius 2 is 2.44 bits per heavy atom. The molecule has 4 heteroatoms. The Morgan fingerprint density at radius 3 is 3.12 bits per heavy atom. The molecule has 0 spiro atoms. The molecule has 0 aliphatic heterocycles. The maximum atomic E-state index is 11.6. The van der Waals surface area contributed by atoms with Crippen molar-refractivity contribution in [3.8, 4) is 0 Å². The fourth-order valence-electron chi connectivity index (χ4n) is 1.56. The molecule has 0 atom stereocenters. The van der Waals surface area contributed by atoms with Crippen molar-refractivity contribution in [2.24, 2.45) is 0 Å². The Kier molecular flexibility index (Phi) is 3.51. The highest BCUT2D eigenvalue weighted by atomic mass is 32.1. The van der Waals surface area contributed by atoms with Crippen LogP contribution in [-0.4, -0.2) is 15.3 Å². The largest absolute Gasteiger partial charge is 0.347 e. The predicted molar refractivity (Wildman–Crippen MR) is 64.9 cm³/mol. The van der Waals surface area contributed by atoms with Gasteiger partial charge in [-0.2, -0.15) is 0 Å². The molecule has 0 N–H and O–H groups in total. The van der Waals surface area contributed by atoms with E-state index in [1.807, 2.05) is 35.3 Å². The Balaban J connectivity index is 2.05. The lowest BCUT2D eigenvalue weighted by molar-refractivity contribution is 0.0981. The second-order valence-electron chi connectivity index (χ2n) is 3.67. The van der Waals surface area contributed by atoms with Gasteiger partial charge in [-0.1, -0.05) is 6.92 Å². The minimum Gasteiger partial charge on any atom is -0.347 e.